The highest BCUT2D eigenvalue weighted by atomic mass is 32.2. The van der Waals surface area contributed by atoms with E-state index in [1.165, 1.54) is 25.1 Å². The monoisotopic (exact) mass is 568 g/mol. The summed E-state index contributed by atoms with van der Waals surface area (Å²) in [5, 5.41) is 2.91. The summed E-state index contributed by atoms with van der Waals surface area (Å²) in [4.78, 5) is 29.0. The van der Waals surface area contributed by atoms with Crippen molar-refractivity contribution in [3.8, 4) is 0 Å². The van der Waals surface area contributed by atoms with Crippen LogP contribution in [-0.4, -0.2) is 62.7 Å². The minimum Gasteiger partial charge on any atom is -0.354 e. The molecular weight excluding hydrogens is 531 g/mol. The highest BCUT2D eigenvalue weighted by molar-refractivity contribution is 7.90. The number of benzene rings is 3. The molecule has 0 saturated carbocycles. The Kier molecular flexibility index (Phi) is 10.8. The van der Waals surface area contributed by atoms with Gasteiger partial charge in [-0.05, 0) is 29.7 Å². The van der Waals surface area contributed by atoms with Gasteiger partial charge in [-0.25, -0.2) is 8.70 Å². The molecule has 0 aliphatic heterocycles. The van der Waals surface area contributed by atoms with E-state index in [4.69, 9.17) is 0 Å². The Balaban J connectivity index is 2.08. The number of hydrogen-bond donors (Lipinski definition) is 1. The van der Waals surface area contributed by atoms with E-state index in [1.54, 1.807) is 48.5 Å². The summed E-state index contributed by atoms with van der Waals surface area (Å²) in [6.45, 7) is 3.50. The molecule has 0 aromatic heterocycles. The van der Waals surface area contributed by atoms with Crippen molar-refractivity contribution in [3.05, 3.63) is 102 Å². The summed E-state index contributed by atoms with van der Waals surface area (Å²) < 4.78 is 43.5. The quantitative estimate of drug-likeness (QED) is 0.339. The van der Waals surface area contributed by atoms with Crippen molar-refractivity contribution in [1.29, 1.82) is 0 Å². The summed E-state index contributed by atoms with van der Waals surface area (Å²) in [6.07, 6.45) is 0.163. The van der Waals surface area contributed by atoms with Crippen LogP contribution < -0.4 is 9.62 Å². The number of carbonyl (C=O) groups excluding carboxylic acids is 2. The van der Waals surface area contributed by atoms with Gasteiger partial charge in [-0.2, -0.15) is 12.7 Å². The third-order valence-electron chi connectivity index (χ3n) is 6.32. The van der Waals surface area contributed by atoms with Crippen molar-refractivity contribution in [3.63, 3.8) is 0 Å². The lowest BCUT2D eigenvalue weighted by molar-refractivity contribution is -0.140. The Bertz CT molecular complexity index is 1370. The second-order valence-corrected chi connectivity index (χ2v) is 12.2. The number of amides is 2. The van der Waals surface area contributed by atoms with E-state index in [1.807, 2.05) is 44.2 Å². The molecule has 0 fully saturated rings. The third kappa shape index (κ3) is 8.12. The first kappa shape index (κ1) is 30.8. The van der Waals surface area contributed by atoms with Crippen LogP contribution in [0.5, 0.6) is 0 Å². The molecule has 0 aliphatic rings. The van der Waals surface area contributed by atoms with Crippen LogP contribution in [0.2, 0.25) is 0 Å². The standard InChI is InChI=1S/C30H37FN4O4S/c1-23(2)20-32-30(37)28(19-24-13-7-5-8-14-24)34(21-25-15-11-12-18-27(25)31)29(36)22-35(40(38,39)33(3)4)26-16-9-6-10-17-26/h5-18,23,28H,19-22H2,1-4H3,(H,32,37)/t28-/m1/s1. The van der Waals surface area contributed by atoms with Crippen molar-refractivity contribution < 1.29 is 22.4 Å². The second kappa shape index (κ2) is 14.0. The van der Waals surface area contributed by atoms with Gasteiger partial charge in [0.05, 0.1) is 5.69 Å². The lowest BCUT2D eigenvalue weighted by Gasteiger charge is -2.34. The number of halogens is 1. The predicted octanol–water partition coefficient (Wildman–Crippen LogP) is 3.85. The average molecular weight is 569 g/mol. The van der Waals surface area contributed by atoms with Gasteiger partial charge >= 0.3 is 10.2 Å². The largest absolute Gasteiger partial charge is 0.354 e. The molecule has 0 radical (unpaired) electrons. The van der Waals surface area contributed by atoms with Gasteiger partial charge in [-0.3, -0.25) is 9.59 Å². The molecule has 8 nitrogen and oxygen atoms in total. The van der Waals surface area contributed by atoms with Gasteiger partial charge in [0.1, 0.15) is 18.4 Å². The highest BCUT2D eigenvalue weighted by Crippen LogP contribution is 2.22. The van der Waals surface area contributed by atoms with E-state index in [0.717, 1.165) is 14.2 Å². The Morgan fingerprint density at radius 1 is 0.875 bits per heavy atom. The molecule has 10 heteroatoms. The minimum atomic E-state index is -4.08. The van der Waals surface area contributed by atoms with Crippen LogP contribution >= 0.6 is 0 Å². The van der Waals surface area contributed by atoms with Crippen LogP contribution in [0, 0.1) is 11.7 Å². The summed E-state index contributed by atoms with van der Waals surface area (Å²) in [6, 6.07) is 22.5. The van der Waals surface area contributed by atoms with Crippen LogP contribution in [0.1, 0.15) is 25.0 Å². The van der Waals surface area contributed by atoms with Crippen molar-refractivity contribution in [1.82, 2.24) is 14.5 Å². The number of para-hydroxylation sites is 1. The average Bonchev–Trinajstić information content (AvgIpc) is 2.93. The highest BCUT2D eigenvalue weighted by Gasteiger charge is 2.35. The molecule has 40 heavy (non-hydrogen) atoms. The molecule has 1 N–H and O–H groups in total. The van der Waals surface area contributed by atoms with Gasteiger partial charge in [-0.1, -0.05) is 80.6 Å². The Morgan fingerprint density at radius 2 is 1.45 bits per heavy atom. The molecule has 214 valence electrons. The maximum Gasteiger partial charge on any atom is 0.304 e. The zero-order chi connectivity index (χ0) is 29.3. The lowest BCUT2D eigenvalue weighted by Crippen LogP contribution is -2.54. The number of anilines is 1. The van der Waals surface area contributed by atoms with Crippen molar-refractivity contribution >= 4 is 27.7 Å². The van der Waals surface area contributed by atoms with E-state index in [9.17, 15) is 22.4 Å². The molecule has 0 heterocycles. The fraction of sp³-hybridized carbons (Fsp3) is 0.333. The fourth-order valence-electron chi connectivity index (χ4n) is 4.10. The van der Waals surface area contributed by atoms with Crippen molar-refractivity contribution in [2.75, 3.05) is 31.5 Å². The SMILES string of the molecule is CC(C)CNC(=O)[C@@H](Cc1ccccc1)N(Cc1ccccc1F)C(=O)CN(c1ccccc1)S(=O)(=O)N(C)C. The van der Waals surface area contributed by atoms with Gasteiger partial charge in [0.2, 0.25) is 11.8 Å². The smallest absolute Gasteiger partial charge is 0.304 e. The Hall–Kier alpha value is -3.76. The van der Waals surface area contributed by atoms with Crippen LogP contribution in [-0.2, 0) is 32.8 Å². The predicted molar refractivity (Wildman–Crippen MR) is 155 cm³/mol. The number of rotatable bonds is 13. The Morgan fingerprint density at radius 3 is 2.02 bits per heavy atom. The number of hydrogen-bond acceptors (Lipinski definition) is 4. The lowest BCUT2D eigenvalue weighted by atomic mass is 10.0. The molecule has 2 amide bonds. The molecule has 0 spiro atoms. The number of nitrogens with one attached hydrogen (secondary N) is 1. The molecule has 1 atom stereocenters. The van der Waals surface area contributed by atoms with Gasteiger partial charge in [0.25, 0.3) is 0 Å². The van der Waals surface area contributed by atoms with E-state index < -0.39 is 40.4 Å². The van der Waals surface area contributed by atoms with Gasteiger partial charge < -0.3 is 10.2 Å². The molecule has 3 aromatic rings. The fourth-order valence-corrected chi connectivity index (χ4v) is 5.15. The zero-order valence-electron chi connectivity index (χ0n) is 23.3. The van der Waals surface area contributed by atoms with E-state index in [0.29, 0.717) is 12.2 Å². The summed E-state index contributed by atoms with van der Waals surface area (Å²) in [5.41, 5.74) is 1.31. The second-order valence-electron chi connectivity index (χ2n) is 10.1. The third-order valence-corrected chi connectivity index (χ3v) is 8.14. The summed E-state index contributed by atoms with van der Waals surface area (Å²) in [5.74, 6) is -1.40. The molecule has 0 bridgehead atoms. The van der Waals surface area contributed by atoms with Crippen molar-refractivity contribution in [2.45, 2.75) is 32.9 Å². The number of nitrogens with zero attached hydrogens (tertiary/aromatic N) is 3. The van der Waals surface area contributed by atoms with Crippen molar-refractivity contribution in [2.24, 2.45) is 5.92 Å². The topological polar surface area (TPSA) is 90.0 Å². The van der Waals surface area contributed by atoms with E-state index >= 15 is 0 Å². The molecule has 0 unspecified atom stereocenters. The maximum atomic E-state index is 14.8. The van der Waals surface area contributed by atoms with Gasteiger partial charge in [0, 0.05) is 39.2 Å². The van der Waals surface area contributed by atoms with Crippen LogP contribution in [0.25, 0.3) is 0 Å². The minimum absolute atomic E-state index is 0.163. The van der Waals surface area contributed by atoms with E-state index in [2.05, 4.69) is 5.32 Å². The molecule has 3 rings (SSSR count). The summed E-state index contributed by atoms with van der Waals surface area (Å²) >= 11 is 0. The first-order valence-corrected chi connectivity index (χ1v) is 14.5. The molecule has 0 saturated heterocycles. The van der Waals surface area contributed by atoms with Crippen LogP contribution in [0.3, 0.4) is 0 Å². The normalized spacial score (nSPS) is 12.3. The maximum absolute atomic E-state index is 14.8. The first-order valence-electron chi connectivity index (χ1n) is 13.1. The zero-order valence-corrected chi connectivity index (χ0v) is 24.1. The number of carbonyl (C=O) groups is 2. The summed E-state index contributed by atoms with van der Waals surface area (Å²) in [7, 11) is -1.32. The molecule has 3 aromatic carbocycles. The van der Waals surface area contributed by atoms with Crippen LogP contribution in [0.15, 0.2) is 84.9 Å². The van der Waals surface area contributed by atoms with Gasteiger partial charge in [-0.15, -0.1) is 0 Å². The van der Waals surface area contributed by atoms with Gasteiger partial charge in [0.15, 0.2) is 0 Å². The first-order chi connectivity index (χ1) is 19.0. The molecular formula is C30H37FN4O4S. The Labute approximate surface area is 236 Å². The van der Waals surface area contributed by atoms with E-state index in [-0.39, 0.29) is 24.4 Å². The molecule has 0 aliphatic carbocycles. The van der Waals surface area contributed by atoms with Crippen LogP contribution in [0.4, 0.5) is 10.1 Å².